The molecule has 0 spiro atoms. The summed E-state index contributed by atoms with van der Waals surface area (Å²) >= 11 is 0.130. The van der Waals surface area contributed by atoms with Crippen molar-refractivity contribution in [3.05, 3.63) is 65.7 Å². The summed E-state index contributed by atoms with van der Waals surface area (Å²) in [5.74, 6) is 0. The summed E-state index contributed by atoms with van der Waals surface area (Å²) < 4.78 is 38.3. The minimum absolute atomic E-state index is 0.130. The van der Waals surface area contributed by atoms with Crippen LogP contribution in [0.3, 0.4) is 0 Å². The average Bonchev–Trinajstić information content (AvgIpc) is 2.39. The summed E-state index contributed by atoms with van der Waals surface area (Å²) in [5, 5.41) is 0. The Bertz CT molecular complexity index is 517. The van der Waals surface area contributed by atoms with Gasteiger partial charge < -0.3 is 0 Å². The molecule has 0 unspecified atom stereocenters. The fourth-order valence-corrected chi connectivity index (χ4v) is 3.81. The maximum absolute atomic E-state index is 12.5. The van der Waals surface area contributed by atoms with Crippen LogP contribution in [0.1, 0.15) is 22.9 Å². The van der Waals surface area contributed by atoms with Crippen molar-refractivity contribution >= 4 is 19.4 Å². The van der Waals surface area contributed by atoms with Crippen LogP contribution in [0, 0.1) is 0 Å². The van der Waals surface area contributed by atoms with E-state index in [4.69, 9.17) is 0 Å². The molecule has 19 heavy (non-hydrogen) atoms. The summed E-state index contributed by atoms with van der Waals surface area (Å²) in [4.78, 5) is 0.352. The third-order valence-electron chi connectivity index (χ3n) is 2.76. The molecule has 100 valence electrons. The predicted molar refractivity (Wildman–Crippen MR) is 71.7 cm³/mol. The molecule has 4 heteroatoms. The summed E-state index contributed by atoms with van der Waals surface area (Å²) in [7, 11) is 0. The zero-order valence-electron chi connectivity index (χ0n) is 10.3. The van der Waals surface area contributed by atoms with E-state index in [0.717, 1.165) is 16.6 Å². The first-order valence-corrected chi connectivity index (χ1v) is 7.70. The fraction of sp³-hybridized carbons (Fsp3) is 0.200. The van der Waals surface area contributed by atoms with Crippen molar-refractivity contribution in [1.82, 2.24) is 0 Å². The predicted octanol–water partition coefficient (Wildman–Crippen LogP) is 3.80. The summed E-state index contributed by atoms with van der Waals surface area (Å²) in [6.07, 6.45) is -4.25. The number of rotatable bonds is 3. The first-order valence-electron chi connectivity index (χ1n) is 5.85. The second kappa shape index (κ2) is 5.81. The second-order valence-electron chi connectivity index (χ2n) is 4.19. The van der Waals surface area contributed by atoms with E-state index in [1.54, 1.807) is 12.1 Å². The van der Waals surface area contributed by atoms with Crippen molar-refractivity contribution in [2.45, 2.75) is 17.9 Å². The van der Waals surface area contributed by atoms with E-state index in [-0.39, 0.29) is 15.0 Å². The molecule has 2 rings (SSSR count). The van der Waals surface area contributed by atoms with E-state index in [9.17, 15) is 13.2 Å². The van der Waals surface area contributed by atoms with Crippen LogP contribution in [0.5, 0.6) is 0 Å². The molecule has 0 radical (unpaired) electrons. The van der Waals surface area contributed by atoms with Crippen LogP contribution in [0.15, 0.2) is 54.6 Å². The molecule has 1 atom stereocenters. The van der Waals surface area contributed by atoms with Gasteiger partial charge in [-0.05, 0) is 0 Å². The van der Waals surface area contributed by atoms with Gasteiger partial charge >= 0.3 is 116 Å². The Morgan fingerprint density at radius 1 is 0.895 bits per heavy atom. The van der Waals surface area contributed by atoms with Gasteiger partial charge in [0.15, 0.2) is 0 Å². The molecular formula is C15H13F3Se. The molecule has 0 fully saturated rings. The Labute approximate surface area is 116 Å². The molecule has 0 saturated carbocycles. The molecular weight excluding hydrogens is 316 g/mol. The van der Waals surface area contributed by atoms with Gasteiger partial charge in [0.05, 0.1) is 0 Å². The monoisotopic (exact) mass is 330 g/mol. The standard InChI is InChI=1S/C15H13F3Se/c1-11(12-5-3-2-4-6-12)19-14-9-7-13(8-10-14)15(16,17)18/h2-11H,1H3/t11-/m1/s1. The van der Waals surface area contributed by atoms with Gasteiger partial charge in [0, 0.05) is 0 Å². The molecule has 0 nitrogen and oxygen atoms in total. The van der Waals surface area contributed by atoms with Gasteiger partial charge in [0.1, 0.15) is 0 Å². The molecule has 0 heterocycles. The van der Waals surface area contributed by atoms with Crippen LogP contribution in [-0.2, 0) is 6.18 Å². The molecule has 0 aromatic heterocycles. The van der Waals surface area contributed by atoms with E-state index in [1.165, 1.54) is 5.56 Å². The number of hydrogen-bond donors (Lipinski definition) is 0. The van der Waals surface area contributed by atoms with Crippen molar-refractivity contribution in [3.63, 3.8) is 0 Å². The van der Waals surface area contributed by atoms with Gasteiger partial charge in [-0.3, -0.25) is 0 Å². The van der Waals surface area contributed by atoms with Gasteiger partial charge in [0.2, 0.25) is 0 Å². The first kappa shape index (κ1) is 14.2. The SMILES string of the molecule is C[C@@H]([Se]c1ccc(C(F)(F)F)cc1)c1ccccc1. The number of hydrogen-bond acceptors (Lipinski definition) is 0. The normalized spacial score (nSPS) is 13.3. The number of halogens is 3. The van der Waals surface area contributed by atoms with Crippen LogP contribution in [0.25, 0.3) is 0 Å². The minimum atomic E-state index is -4.25. The Morgan fingerprint density at radius 3 is 2.00 bits per heavy atom. The number of benzene rings is 2. The van der Waals surface area contributed by atoms with Gasteiger partial charge in [-0.25, -0.2) is 0 Å². The summed E-state index contributed by atoms with van der Waals surface area (Å²) in [6, 6.07) is 15.5. The van der Waals surface area contributed by atoms with Crippen LogP contribution < -0.4 is 4.46 Å². The van der Waals surface area contributed by atoms with Crippen molar-refractivity contribution in [2.24, 2.45) is 0 Å². The van der Waals surface area contributed by atoms with Gasteiger partial charge in [-0.1, -0.05) is 0 Å². The molecule has 0 N–H and O–H groups in total. The van der Waals surface area contributed by atoms with E-state index >= 15 is 0 Å². The van der Waals surface area contributed by atoms with Crippen LogP contribution >= 0.6 is 0 Å². The van der Waals surface area contributed by atoms with Gasteiger partial charge in [0.25, 0.3) is 0 Å². The third kappa shape index (κ3) is 3.85. The van der Waals surface area contributed by atoms with Crippen molar-refractivity contribution in [1.29, 1.82) is 0 Å². The molecule has 0 aliphatic heterocycles. The average molecular weight is 329 g/mol. The van der Waals surface area contributed by atoms with E-state index in [2.05, 4.69) is 19.1 Å². The van der Waals surface area contributed by atoms with Gasteiger partial charge in [-0.15, -0.1) is 0 Å². The quantitative estimate of drug-likeness (QED) is 0.752. The molecule has 0 aliphatic carbocycles. The Hall–Kier alpha value is -1.25. The van der Waals surface area contributed by atoms with E-state index in [0.29, 0.717) is 4.82 Å². The molecule has 2 aromatic rings. The summed E-state index contributed by atoms with van der Waals surface area (Å²) in [6.45, 7) is 2.10. The molecule has 0 bridgehead atoms. The topological polar surface area (TPSA) is 0 Å². The molecule has 0 amide bonds. The van der Waals surface area contributed by atoms with Crippen molar-refractivity contribution in [2.75, 3.05) is 0 Å². The van der Waals surface area contributed by atoms with Crippen LogP contribution in [0.2, 0.25) is 0 Å². The van der Waals surface area contributed by atoms with Crippen LogP contribution in [0.4, 0.5) is 13.2 Å². The Kier molecular flexibility index (Phi) is 4.33. The van der Waals surface area contributed by atoms with Gasteiger partial charge in [-0.2, -0.15) is 0 Å². The maximum atomic E-state index is 12.5. The first-order chi connectivity index (χ1) is 8.97. The second-order valence-corrected chi connectivity index (χ2v) is 7.16. The molecule has 2 aromatic carbocycles. The molecule has 0 saturated heterocycles. The molecule has 0 aliphatic rings. The van der Waals surface area contributed by atoms with Crippen molar-refractivity contribution < 1.29 is 13.2 Å². The Balaban J connectivity index is 2.08. The van der Waals surface area contributed by atoms with Crippen molar-refractivity contribution in [3.8, 4) is 0 Å². The Morgan fingerprint density at radius 2 is 1.47 bits per heavy atom. The summed E-state index contributed by atoms with van der Waals surface area (Å²) in [5.41, 5.74) is 0.641. The zero-order chi connectivity index (χ0) is 13.9. The van der Waals surface area contributed by atoms with E-state index < -0.39 is 11.7 Å². The zero-order valence-corrected chi connectivity index (χ0v) is 12.0. The van der Waals surface area contributed by atoms with Crippen LogP contribution in [-0.4, -0.2) is 15.0 Å². The van der Waals surface area contributed by atoms with E-state index in [1.807, 2.05) is 18.2 Å². The fourth-order valence-electron chi connectivity index (χ4n) is 1.72. The number of alkyl halides is 3. The third-order valence-corrected chi connectivity index (χ3v) is 5.22.